The first-order valence-electron chi connectivity index (χ1n) is 0. The zero-order chi connectivity index (χ0) is 0. The van der Waals surface area contributed by atoms with E-state index in [0.29, 0.717) is 0 Å². The fourth-order valence-electron chi connectivity index (χ4n) is 0. The molecule has 0 saturated carbocycles. The van der Waals surface area contributed by atoms with Crippen LogP contribution in [0.4, 0.5) is 0 Å². The van der Waals surface area contributed by atoms with Gasteiger partial charge in [-0.25, -0.2) is 0 Å². The van der Waals surface area contributed by atoms with Crippen LogP contribution in [0, 0.1) is 0 Å². The molecule has 0 heterocycles. The molecule has 0 amide bonds. The van der Waals surface area contributed by atoms with E-state index in [2.05, 4.69) is 0 Å². The van der Waals surface area contributed by atoms with Gasteiger partial charge in [0, 0.05) is 0 Å². The van der Waals surface area contributed by atoms with Crippen molar-refractivity contribution in [1.29, 1.82) is 0 Å². The van der Waals surface area contributed by atoms with Crippen molar-refractivity contribution in [2.75, 3.05) is 0 Å². The third-order valence-electron chi connectivity index (χ3n) is 0. The van der Waals surface area contributed by atoms with Crippen LogP contribution in [-0.2, 0) is 0 Å². The molecule has 0 aliphatic carbocycles. The topological polar surface area (TPSA) is 94.5 Å². The molecule has 10 heteroatoms. The Morgan fingerprint density at radius 1 is 0.300 bits per heavy atom. The zero-order valence-corrected chi connectivity index (χ0v) is 22.5. The molecule has 0 aliphatic heterocycles. The fourth-order valence-corrected chi connectivity index (χ4v) is 0. The van der Waals surface area contributed by atoms with E-state index < -0.39 is 0 Å². The molecule has 0 unspecified atom stereocenters. The van der Waals surface area contributed by atoms with Gasteiger partial charge in [-0.1, -0.05) is 0 Å². The average molecular weight is 222 g/mol. The Kier molecular flexibility index (Phi) is 668. The van der Waals surface area contributed by atoms with E-state index in [1.54, 1.807) is 0 Å². The van der Waals surface area contributed by atoms with Gasteiger partial charge in [0.25, 0.3) is 0 Å². The van der Waals surface area contributed by atoms with Crippen molar-refractivity contribution in [2.24, 2.45) is 0 Å². The molecule has 0 radical (unpaired) electrons. The van der Waals surface area contributed by atoms with Crippen LogP contribution in [0.5, 0.6) is 0 Å². The molecule has 6 N–H and O–H groups in total. The van der Waals surface area contributed by atoms with Crippen molar-refractivity contribution < 1.29 is 233 Å². The molecular formula is H13Na7O3. The van der Waals surface area contributed by atoms with Crippen LogP contribution >= 0.6 is 0 Å². The maximum Gasteiger partial charge on any atom is 1.00 e. The van der Waals surface area contributed by atoms with Crippen molar-refractivity contribution in [3.05, 3.63) is 0 Å². The summed E-state index contributed by atoms with van der Waals surface area (Å²) in [6.45, 7) is 0. The average Bonchev–Trinajstić information content (AvgIpc) is 0. The summed E-state index contributed by atoms with van der Waals surface area (Å²) in [5.74, 6) is 0. The Hall–Kier alpha value is 6.88. The molecule has 0 bridgehead atoms. The molecule has 10 heavy (non-hydrogen) atoms. The fraction of sp³-hybridized carbons (Fsp3) is 0. The normalized spacial score (nSPS) is 0. The van der Waals surface area contributed by atoms with Crippen LogP contribution in [0.3, 0.4) is 0 Å². The molecule has 3 nitrogen and oxygen atoms in total. The summed E-state index contributed by atoms with van der Waals surface area (Å²) in [5, 5.41) is 0. The Bertz CT molecular complexity index is 25.4. The van der Waals surface area contributed by atoms with Gasteiger partial charge in [0.05, 0.1) is 0 Å². The first-order chi connectivity index (χ1) is 0. The largest absolute Gasteiger partial charge is 1.00 e. The van der Waals surface area contributed by atoms with E-state index in [1.807, 2.05) is 0 Å². The molecule has 0 aromatic carbocycles. The first kappa shape index (κ1) is 89.9. The molecule has 0 spiro atoms. The monoisotopic (exact) mass is 222 g/mol. The van der Waals surface area contributed by atoms with Gasteiger partial charge in [0.15, 0.2) is 0 Å². The number of rotatable bonds is 0. The third-order valence-corrected chi connectivity index (χ3v) is 0. The van der Waals surface area contributed by atoms with Gasteiger partial charge in [0.1, 0.15) is 0 Å². The summed E-state index contributed by atoms with van der Waals surface area (Å²) in [6, 6.07) is 0. The molecule has 0 saturated heterocycles. The second-order valence-corrected chi connectivity index (χ2v) is 0. The van der Waals surface area contributed by atoms with Crippen LogP contribution in [0.2, 0.25) is 0 Å². The molecule has 0 aromatic heterocycles. The third kappa shape index (κ3) is 60.6. The van der Waals surface area contributed by atoms with Gasteiger partial charge in [-0.3, -0.25) is 0 Å². The molecule has 0 atom stereocenters. The van der Waals surface area contributed by atoms with Gasteiger partial charge in [-0.2, -0.15) is 0 Å². The van der Waals surface area contributed by atoms with Crippen LogP contribution < -0.4 is 207 Å². The SMILES string of the molecule is O.O.O.[H-].[H-].[H-].[H-].[H-].[H-].[H-].[Na+].[Na+].[Na+].[Na+].[Na+].[Na+].[Na+]. The summed E-state index contributed by atoms with van der Waals surface area (Å²) in [5.41, 5.74) is 0. The second kappa shape index (κ2) is 74.3. The summed E-state index contributed by atoms with van der Waals surface area (Å²) in [7, 11) is 0. The Labute approximate surface area is 227 Å². The van der Waals surface area contributed by atoms with Gasteiger partial charge in [-0.05, 0) is 0 Å². The predicted molar refractivity (Wildman–Crippen MR) is 18.6 cm³/mol. The minimum Gasteiger partial charge on any atom is -1.00 e. The van der Waals surface area contributed by atoms with E-state index in [0.717, 1.165) is 0 Å². The minimum atomic E-state index is 0. The predicted octanol–water partition coefficient (Wildman–Crippen LogP) is -22.7. The summed E-state index contributed by atoms with van der Waals surface area (Å²) < 4.78 is 0. The van der Waals surface area contributed by atoms with Gasteiger partial charge in [-0.15, -0.1) is 0 Å². The summed E-state index contributed by atoms with van der Waals surface area (Å²) in [6.07, 6.45) is 0. The summed E-state index contributed by atoms with van der Waals surface area (Å²) in [4.78, 5) is 0. The Balaban J connectivity index is 0. The summed E-state index contributed by atoms with van der Waals surface area (Å²) >= 11 is 0. The maximum absolute atomic E-state index is 0. The van der Waals surface area contributed by atoms with E-state index in [9.17, 15) is 0 Å². The number of hydrogen-bond acceptors (Lipinski definition) is 0. The van der Waals surface area contributed by atoms with E-state index in [-0.39, 0.29) is 233 Å². The van der Waals surface area contributed by atoms with E-state index in [4.69, 9.17) is 0 Å². The maximum atomic E-state index is 0. The van der Waals surface area contributed by atoms with Gasteiger partial charge < -0.3 is 26.4 Å². The Morgan fingerprint density at radius 3 is 0.300 bits per heavy atom. The molecule has 0 fully saturated rings. The Morgan fingerprint density at radius 2 is 0.300 bits per heavy atom. The van der Waals surface area contributed by atoms with Crippen molar-refractivity contribution in [3.63, 3.8) is 0 Å². The molecule has 0 aliphatic rings. The smallest absolute Gasteiger partial charge is 1.00 e. The number of hydrogen-bond donors (Lipinski definition) is 0. The molecule has 38 valence electrons. The minimum absolute atomic E-state index is 0. The van der Waals surface area contributed by atoms with Crippen LogP contribution in [0.25, 0.3) is 0 Å². The zero-order valence-electron chi connectivity index (χ0n) is 15.5. The molecule has 0 rings (SSSR count). The van der Waals surface area contributed by atoms with E-state index >= 15 is 0 Å². The van der Waals surface area contributed by atoms with Crippen LogP contribution in [-0.4, -0.2) is 16.4 Å². The standard InChI is InChI=1S/7Na.3H2O.7H/h;;;;;;;3*1H2;;;;;;;/q7*+1;;;;7*-1. The van der Waals surface area contributed by atoms with Crippen molar-refractivity contribution >= 4 is 0 Å². The van der Waals surface area contributed by atoms with E-state index in [1.165, 1.54) is 0 Å². The van der Waals surface area contributed by atoms with Gasteiger partial charge >= 0.3 is 207 Å². The van der Waals surface area contributed by atoms with Crippen molar-refractivity contribution in [2.45, 2.75) is 0 Å². The van der Waals surface area contributed by atoms with Crippen LogP contribution in [0.15, 0.2) is 0 Å². The van der Waals surface area contributed by atoms with Crippen LogP contribution in [0.1, 0.15) is 9.99 Å². The van der Waals surface area contributed by atoms with Crippen molar-refractivity contribution in [3.8, 4) is 0 Å². The van der Waals surface area contributed by atoms with Gasteiger partial charge in [0.2, 0.25) is 0 Å². The second-order valence-electron chi connectivity index (χ2n) is 0. The molecular weight excluding hydrogens is 209 g/mol. The van der Waals surface area contributed by atoms with Crippen molar-refractivity contribution in [1.82, 2.24) is 0 Å². The quantitative estimate of drug-likeness (QED) is 0.364. The molecule has 0 aromatic rings. The first-order valence-corrected chi connectivity index (χ1v) is 0.